The molecule has 2 rings (SSSR count). The molecule has 0 saturated carbocycles. The molecule has 1 aliphatic rings. The van der Waals surface area contributed by atoms with Gasteiger partial charge in [-0.3, -0.25) is 4.79 Å². The van der Waals surface area contributed by atoms with Crippen molar-refractivity contribution in [2.45, 2.75) is 44.9 Å². The largest absolute Gasteiger partial charge is 0.409 e. The van der Waals surface area contributed by atoms with Crippen LogP contribution in [0.15, 0.2) is 11.2 Å². The van der Waals surface area contributed by atoms with E-state index in [1.165, 1.54) is 29.7 Å². The molecule has 1 aliphatic carbocycles. The number of nitrogens with one attached hydrogen (secondary N) is 1. The molecular formula is C14H21N3O2S. The Labute approximate surface area is 122 Å². The van der Waals surface area contributed by atoms with Crippen LogP contribution >= 0.6 is 11.3 Å². The van der Waals surface area contributed by atoms with Gasteiger partial charge in [-0.2, -0.15) is 0 Å². The number of nitrogens with zero attached hydrogens (tertiary/aromatic N) is 1. The van der Waals surface area contributed by atoms with Gasteiger partial charge in [0.25, 0.3) is 5.91 Å². The number of fused-ring (bicyclic) bond motifs is 1. The highest BCUT2D eigenvalue weighted by molar-refractivity contribution is 7.14. The molecular weight excluding hydrogens is 274 g/mol. The third kappa shape index (κ3) is 3.96. The Morgan fingerprint density at radius 2 is 2.20 bits per heavy atom. The van der Waals surface area contributed by atoms with Gasteiger partial charge < -0.3 is 16.3 Å². The quantitative estimate of drug-likeness (QED) is 0.194. The molecule has 1 amide bonds. The molecule has 1 aromatic rings. The third-order valence-corrected chi connectivity index (χ3v) is 4.73. The molecule has 0 spiro atoms. The van der Waals surface area contributed by atoms with Crippen molar-refractivity contribution in [1.82, 2.24) is 5.32 Å². The third-order valence-electron chi connectivity index (χ3n) is 3.49. The first-order valence-electron chi connectivity index (χ1n) is 7.07. The fourth-order valence-corrected chi connectivity index (χ4v) is 3.56. The molecule has 0 atom stereocenters. The lowest BCUT2D eigenvalue weighted by Crippen LogP contribution is -2.24. The van der Waals surface area contributed by atoms with Crippen LogP contribution in [0.4, 0.5) is 0 Å². The van der Waals surface area contributed by atoms with Crippen LogP contribution in [0.2, 0.25) is 0 Å². The zero-order chi connectivity index (χ0) is 14.4. The number of nitrogens with two attached hydrogens (primary N) is 1. The highest BCUT2D eigenvalue weighted by atomic mass is 32.1. The normalized spacial score (nSPS) is 15.5. The van der Waals surface area contributed by atoms with Crippen LogP contribution in [-0.4, -0.2) is 23.5 Å². The van der Waals surface area contributed by atoms with E-state index < -0.39 is 0 Å². The summed E-state index contributed by atoms with van der Waals surface area (Å²) in [5.41, 5.74) is 6.73. The Hall–Kier alpha value is -1.56. The number of carbonyl (C=O) groups is 1. The molecule has 110 valence electrons. The summed E-state index contributed by atoms with van der Waals surface area (Å²) in [5.74, 6) is 0.185. The number of rotatable bonds is 5. The number of amidine groups is 1. The van der Waals surface area contributed by atoms with Gasteiger partial charge in [0, 0.05) is 17.8 Å². The first-order chi connectivity index (χ1) is 9.70. The monoisotopic (exact) mass is 295 g/mol. The molecule has 0 aliphatic heterocycles. The van der Waals surface area contributed by atoms with Crippen molar-refractivity contribution in [2.24, 2.45) is 10.9 Å². The molecule has 0 bridgehead atoms. The molecule has 0 fully saturated rings. The number of oxime groups is 1. The first-order valence-corrected chi connectivity index (χ1v) is 7.88. The van der Waals surface area contributed by atoms with Crippen LogP contribution in [0.25, 0.3) is 0 Å². The number of amides is 1. The minimum absolute atomic E-state index is 0.0115. The van der Waals surface area contributed by atoms with E-state index >= 15 is 0 Å². The van der Waals surface area contributed by atoms with E-state index in [-0.39, 0.29) is 11.7 Å². The molecule has 4 N–H and O–H groups in total. The molecule has 1 aromatic heterocycles. The summed E-state index contributed by atoms with van der Waals surface area (Å²) in [6, 6.07) is 2.05. The lowest BCUT2D eigenvalue weighted by molar-refractivity contribution is 0.0957. The van der Waals surface area contributed by atoms with E-state index in [4.69, 9.17) is 10.9 Å². The fraction of sp³-hybridized carbons (Fsp3) is 0.571. The van der Waals surface area contributed by atoms with Gasteiger partial charge in [0.2, 0.25) is 0 Å². The summed E-state index contributed by atoms with van der Waals surface area (Å²) in [6.45, 7) is 0.539. The second-order valence-corrected chi connectivity index (χ2v) is 6.21. The molecule has 5 nitrogen and oxygen atoms in total. The molecule has 0 aromatic carbocycles. The maximum Gasteiger partial charge on any atom is 0.261 e. The fourth-order valence-electron chi connectivity index (χ4n) is 2.39. The number of carbonyl (C=O) groups excluding carboxylic acids is 1. The Balaban J connectivity index is 1.84. The zero-order valence-electron chi connectivity index (χ0n) is 11.5. The molecule has 0 saturated heterocycles. The average Bonchev–Trinajstić information content (AvgIpc) is 2.74. The van der Waals surface area contributed by atoms with Crippen molar-refractivity contribution in [1.29, 1.82) is 0 Å². The van der Waals surface area contributed by atoms with Gasteiger partial charge in [-0.25, -0.2) is 0 Å². The number of thiophene rings is 1. The van der Waals surface area contributed by atoms with Crippen molar-refractivity contribution in [3.63, 3.8) is 0 Å². The van der Waals surface area contributed by atoms with E-state index in [0.717, 1.165) is 17.7 Å². The van der Waals surface area contributed by atoms with Crippen LogP contribution in [-0.2, 0) is 12.8 Å². The van der Waals surface area contributed by atoms with Crippen LogP contribution in [0.5, 0.6) is 0 Å². The Morgan fingerprint density at radius 1 is 1.40 bits per heavy atom. The number of hydrogen-bond donors (Lipinski definition) is 3. The second-order valence-electron chi connectivity index (χ2n) is 5.07. The predicted molar refractivity (Wildman–Crippen MR) is 80.6 cm³/mol. The highest BCUT2D eigenvalue weighted by Gasteiger charge is 2.16. The topological polar surface area (TPSA) is 87.7 Å². The predicted octanol–water partition coefficient (Wildman–Crippen LogP) is 2.27. The van der Waals surface area contributed by atoms with Gasteiger partial charge in [-0.15, -0.1) is 11.3 Å². The summed E-state index contributed by atoms with van der Waals surface area (Å²) in [4.78, 5) is 14.2. The van der Waals surface area contributed by atoms with Gasteiger partial charge in [-0.05, 0) is 43.7 Å². The van der Waals surface area contributed by atoms with E-state index in [2.05, 4.69) is 10.5 Å². The molecule has 1 heterocycles. The summed E-state index contributed by atoms with van der Waals surface area (Å²) in [7, 11) is 0. The van der Waals surface area contributed by atoms with Crippen molar-refractivity contribution >= 4 is 23.1 Å². The summed E-state index contributed by atoms with van der Waals surface area (Å²) < 4.78 is 0. The summed E-state index contributed by atoms with van der Waals surface area (Å²) >= 11 is 1.63. The molecule has 0 unspecified atom stereocenters. The first kappa shape index (κ1) is 14.8. The van der Waals surface area contributed by atoms with Crippen LogP contribution < -0.4 is 11.1 Å². The zero-order valence-corrected chi connectivity index (χ0v) is 12.3. The van der Waals surface area contributed by atoms with E-state index in [1.807, 2.05) is 6.07 Å². The maximum absolute atomic E-state index is 12.1. The van der Waals surface area contributed by atoms with Gasteiger partial charge in [0.15, 0.2) is 0 Å². The van der Waals surface area contributed by atoms with Crippen molar-refractivity contribution in [3.8, 4) is 0 Å². The minimum atomic E-state index is -0.0115. The SMILES string of the molecule is NC(CCCNC(=O)c1cc2c(s1)CCCCC2)=NO. The smallest absolute Gasteiger partial charge is 0.261 e. The van der Waals surface area contributed by atoms with Crippen molar-refractivity contribution < 1.29 is 10.0 Å². The molecule has 20 heavy (non-hydrogen) atoms. The van der Waals surface area contributed by atoms with Gasteiger partial charge >= 0.3 is 0 Å². The van der Waals surface area contributed by atoms with E-state index in [9.17, 15) is 4.79 Å². The van der Waals surface area contributed by atoms with Crippen LogP contribution in [0.3, 0.4) is 0 Å². The van der Waals surface area contributed by atoms with Crippen molar-refractivity contribution in [2.75, 3.05) is 6.54 Å². The lowest BCUT2D eigenvalue weighted by Gasteiger charge is -2.02. The van der Waals surface area contributed by atoms with Crippen molar-refractivity contribution in [3.05, 3.63) is 21.4 Å². The van der Waals surface area contributed by atoms with Gasteiger partial charge in [0.1, 0.15) is 5.84 Å². The Bertz CT molecular complexity index is 473. The second kappa shape index (κ2) is 7.28. The number of hydrogen-bond acceptors (Lipinski definition) is 4. The van der Waals surface area contributed by atoms with Gasteiger partial charge in [-0.1, -0.05) is 11.6 Å². The number of aryl methyl sites for hydroxylation is 2. The average molecular weight is 295 g/mol. The van der Waals surface area contributed by atoms with Gasteiger partial charge in [0.05, 0.1) is 4.88 Å². The minimum Gasteiger partial charge on any atom is -0.409 e. The Kier molecular flexibility index (Phi) is 5.40. The Morgan fingerprint density at radius 3 is 3.00 bits per heavy atom. The standard InChI is InChI=1S/C14H21N3O2S/c15-13(17-19)7-4-8-16-14(18)12-9-10-5-2-1-3-6-11(10)20-12/h9,19H,1-8H2,(H2,15,17)(H,16,18). The summed E-state index contributed by atoms with van der Waals surface area (Å²) in [5, 5.41) is 14.2. The summed E-state index contributed by atoms with van der Waals surface area (Å²) in [6.07, 6.45) is 7.11. The lowest BCUT2D eigenvalue weighted by atomic mass is 10.1. The highest BCUT2D eigenvalue weighted by Crippen LogP contribution is 2.28. The van der Waals surface area contributed by atoms with Crippen LogP contribution in [0.1, 0.15) is 52.2 Å². The van der Waals surface area contributed by atoms with E-state index in [1.54, 1.807) is 11.3 Å². The molecule has 0 radical (unpaired) electrons. The molecule has 6 heteroatoms. The van der Waals surface area contributed by atoms with E-state index in [0.29, 0.717) is 19.4 Å². The van der Waals surface area contributed by atoms with Crippen LogP contribution in [0, 0.1) is 0 Å². The maximum atomic E-state index is 12.1.